The second kappa shape index (κ2) is 25.0. The minimum Gasteiger partial charge on any atom is -0.311 e. The molecule has 0 bridgehead atoms. The molecule has 100 heavy (non-hydrogen) atoms. The molecule has 0 unspecified atom stereocenters. The van der Waals surface area contributed by atoms with Crippen LogP contribution in [0.5, 0.6) is 0 Å². The molecule has 6 aromatic heterocycles. The SMILES string of the molecule is c1ccc(N(c2ccccc2)c2ccc(-c3nc4cc5sc(-c6ccc(N(c7ccccc7)c7ccccc7)cc6)nc5cc4s3)cc2)cc1.c1ccc2c(c1)c1ccccc1n2-c1ccc(-c2c3ncsc3c(-c3ccc(-n4c5ccccc5c5ccccc54)cc3)c3ncsc23)cc1. The molecule has 12 heteroatoms. The fourth-order valence-corrected chi connectivity index (χ4v) is 17.9. The number of rotatable bonds is 12. The van der Waals surface area contributed by atoms with Gasteiger partial charge in [0.1, 0.15) is 10.0 Å². The van der Waals surface area contributed by atoms with Gasteiger partial charge in [0.05, 0.1) is 74.0 Å². The summed E-state index contributed by atoms with van der Waals surface area (Å²) in [6, 6.07) is 116. The molecule has 0 radical (unpaired) electrons. The van der Waals surface area contributed by atoms with Gasteiger partial charge in [0.15, 0.2) is 0 Å². The van der Waals surface area contributed by atoms with Crippen molar-refractivity contribution in [3.63, 3.8) is 0 Å². The van der Waals surface area contributed by atoms with E-state index in [1.165, 1.54) is 43.6 Å². The average molecular weight is 1350 g/mol. The molecular formula is C88H56N8S4. The third kappa shape index (κ3) is 10.4. The summed E-state index contributed by atoms with van der Waals surface area (Å²) >= 11 is 6.80. The molecular weight excluding hydrogens is 1300 g/mol. The van der Waals surface area contributed by atoms with E-state index in [0.29, 0.717) is 0 Å². The van der Waals surface area contributed by atoms with Crippen molar-refractivity contribution < 1.29 is 0 Å². The van der Waals surface area contributed by atoms with Crippen molar-refractivity contribution in [2.45, 2.75) is 0 Å². The first kappa shape index (κ1) is 59.1. The average Bonchev–Trinajstić information content (AvgIpc) is 1.55. The number of hydrogen-bond donors (Lipinski definition) is 0. The number of benzene rings is 14. The number of fused-ring (bicyclic) bond motifs is 10. The van der Waals surface area contributed by atoms with Crippen molar-refractivity contribution in [1.82, 2.24) is 29.1 Å². The van der Waals surface area contributed by atoms with Crippen LogP contribution in [0.2, 0.25) is 0 Å². The van der Waals surface area contributed by atoms with Crippen molar-refractivity contribution in [2.24, 2.45) is 0 Å². The number of anilines is 6. The highest BCUT2D eigenvalue weighted by Crippen LogP contribution is 2.48. The molecule has 6 heterocycles. The van der Waals surface area contributed by atoms with Gasteiger partial charge in [-0.05, 0) is 169 Å². The Morgan fingerprint density at radius 3 is 0.870 bits per heavy atom. The molecule has 0 saturated heterocycles. The largest absolute Gasteiger partial charge is 0.311 e. The molecule has 20 rings (SSSR count). The Balaban J connectivity index is 0.000000139. The zero-order valence-corrected chi connectivity index (χ0v) is 56.8. The molecule has 0 aliphatic heterocycles. The van der Waals surface area contributed by atoms with Crippen LogP contribution >= 0.6 is 45.3 Å². The van der Waals surface area contributed by atoms with Crippen LogP contribution in [0, 0.1) is 0 Å². The Bertz CT molecular complexity index is 5710. The van der Waals surface area contributed by atoms with Crippen molar-refractivity contribution in [1.29, 1.82) is 0 Å². The van der Waals surface area contributed by atoms with E-state index in [9.17, 15) is 0 Å². The summed E-state index contributed by atoms with van der Waals surface area (Å²) in [7, 11) is 0. The van der Waals surface area contributed by atoms with Gasteiger partial charge in [-0.15, -0.1) is 45.3 Å². The van der Waals surface area contributed by atoms with Crippen molar-refractivity contribution in [3.05, 3.63) is 339 Å². The molecule has 0 spiro atoms. The van der Waals surface area contributed by atoms with Crippen LogP contribution in [0.1, 0.15) is 0 Å². The van der Waals surface area contributed by atoms with E-state index < -0.39 is 0 Å². The van der Waals surface area contributed by atoms with E-state index in [-0.39, 0.29) is 0 Å². The van der Waals surface area contributed by atoms with Gasteiger partial charge in [-0.1, -0.05) is 170 Å². The standard InChI is InChI=1S/C44H26N4S2.C44H30N4S2/c1-5-13-35-31(9-1)32-10-2-6-14-36(32)47(35)29-21-17-27(18-22-29)39-41-44(50-25-45-41)40(42-43(39)49-26-46-42)28-19-23-30(24-20-28)48-37-15-7-3-11-33(37)34-12-4-8-16-38(34)48;1-5-13-33(14-6-1)47(34-15-7-2-8-16-34)37-25-21-31(22-26-37)43-45-39-29-42-40(30-41(39)49-43)46-44(50-42)32-23-27-38(28-24-32)48(35-17-9-3-10-18-35)36-19-11-4-12-20-36/h1-26H;1-30H. The Morgan fingerprint density at radius 1 is 0.270 bits per heavy atom. The zero-order valence-electron chi connectivity index (χ0n) is 53.5. The molecule has 0 aliphatic rings. The van der Waals surface area contributed by atoms with Gasteiger partial charge in [-0.2, -0.15) is 0 Å². The molecule has 20 aromatic rings. The van der Waals surface area contributed by atoms with Crippen molar-refractivity contribution in [2.75, 3.05) is 9.80 Å². The molecule has 0 amide bonds. The van der Waals surface area contributed by atoms with Crippen LogP contribution in [0.15, 0.2) is 339 Å². The molecule has 0 aliphatic carbocycles. The van der Waals surface area contributed by atoms with Gasteiger partial charge in [-0.25, -0.2) is 19.9 Å². The number of hydrogen-bond acceptors (Lipinski definition) is 10. The molecule has 472 valence electrons. The lowest BCUT2D eigenvalue weighted by Crippen LogP contribution is -2.09. The summed E-state index contributed by atoms with van der Waals surface area (Å²) in [4.78, 5) is 24.7. The minimum atomic E-state index is 1.00. The number of nitrogens with zero attached hydrogens (tertiary/aromatic N) is 8. The first-order valence-electron chi connectivity index (χ1n) is 33.1. The maximum atomic E-state index is 5.07. The highest BCUT2D eigenvalue weighted by atomic mass is 32.1. The summed E-state index contributed by atoms with van der Waals surface area (Å²) in [5.41, 5.74) is 28.6. The third-order valence-electron chi connectivity index (χ3n) is 18.8. The zero-order chi connectivity index (χ0) is 66.0. The predicted molar refractivity (Wildman–Crippen MR) is 425 cm³/mol. The number of aromatic nitrogens is 6. The van der Waals surface area contributed by atoms with Gasteiger partial charge >= 0.3 is 0 Å². The Morgan fingerprint density at radius 2 is 0.550 bits per heavy atom. The maximum absolute atomic E-state index is 5.07. The molecule has 8 nitrogen and oxygen atoms in total. The minimum absolute atomic E-state index is 1.00. The van der Waals surface area contributed by atoms with Crippen molar-refractivity contribution in [3.8, 4) is 54.8 Å². The normalized spacial score (nSPS) is 11.6. The van der Waals surface area contributed by atoms with Crippen LogP contribution in [-0.4, -0.2) is 29.1 Å². The second-order valence-corrected chi connectivity index (χ2v) is 28.3. The first-order valence-corrected chi connectivity index (χ1v) is 36.5. The maximum Gasteiger partial charge on any atom is 0.124 e. The summed E-state index contributed by atoms with van der Waals surface area (Å²) < 4.78 is 9.33. The van der Waals surface area contributed by atoms with Gasteiger partial charge in [0.2, 0.25) is 0 Å². The molecule has 0 fully saturated rings. The van der Waals surface area contributed by atoms with Gasteiger partial charge in [-0.3, -0.25) is 0 Å². The Hall–Kier alpha value is -12.2. The smallest absolute Gasteiger partial charge is 0.124 e. The van der Waals surface area contributed by atoms with E-state index >= 15 is 0 Å². The summed E-state index contributed by atoms with van der Waals surface area (Å²) in [6.45, 7) is 0. The lowest BCUT2D eigenvalue weighted by molar-refractivity contribution is 1.18. The fourth-order valence-electron chi connectivity index (χ4n) is 14.2. The highest BCUT2D eigenvalue weighted by Gasteiger charge is 2.23. The monoisotopic (exact) mass is 1350 g/mol. The summed E-state index contributed by atoms with van der Waals surface area (Å²) in [6.07, 6.45) is 0. The van der Waals surface area contributed by atoms with Crippen LogP contribution in [0.25, 0.3) is 139 Å². The summed E-state index contributed by atoms with van der Waals surface area (Å²) in [5.74, 6) is 0. The van der Waals surface area contributed by atoms with Gasteiger partial charge < -0.3 is 18.9 Å². The molecule has 0 atom stereocenters. The van der Waals surface area contributed by atoms with E-state index in [1.54, 1.807) is 45.3 Å². The number of para-hydroxylation sites is 8. The molecule has 0 N–H and O–H groups in total. The molecule has 0 saturated carbocycles. The van der Waals surface area contributed by atoms with Crippen LogP contribution < -0.4 is 9.80 Å². The Kier molecular flexibility index (Phi) is 14.8. The van der Waals surface area contributed by atoms with Gasteiger partial charge in [0.25, 0.3) is 0 Å². The quantitative estimate of drug-likeness (QED) is 0.121. The lowest BCUT2D eigenvalue weighted by Gasteiger charge is -2.25. The van der Waals surface area contributed by atoms with Crippen molar-refractivity contribution >= 4 is 164 Å². The highest BCUT2D eigenvalue weighted by molar-refractivity contribution is 7.23. The predicted octanol–water partition coefficient (Wildman–Crippen LogP) is 25.6. The fraction of sp³-hybridized carbons (Fsp3) is 0. The Labute approximate surface area is 591 Å². The first-order chi connectivity index (χ1) is 49.6. The van der Waals surface area contributed by atoms with E-state index in [1.807, 2.05) is 35.3 Å². The van der Waals surface area contributed by atoms with Gasteiger partial charge in [0, 0.05) is 89.3 Å². The third-order valence-corrected chi connectivity index (χ3v) is 22.6. The van der Waals surface area contributed by atoms with E-state index in [4.69, 9.17) is 19.9 Å². The van der Waals surface area contributed by atoms with E-state index in [2.05, 4.69) is 322 Å². The van der Waals surface area contributed by atoms with E-state index in [0.717, 1.165) is 130 Å². The van der Waals surface area contributed by atoms with Crippen LogP contribution in [0.4, 0.5) is 34.1 Å². The van der Waals surface area contributed by atoms with Crippen LogP contribution in [-0.2, 0) is 0 Å². The topological polar surface area (TPSA) is 67.9 Å². The molecule has 14 aromatic carbocycles. The van der Waals surface area contributed by atoms with Crippen LogP contribution in [0.3, 0.4) is 0 Å². The second-order valence-electron chi connectivity index (χ2n) is 24.6. The number of thiazole rings is 4. The summed E-state index contributed by atoms with van der Waals surface area (Å²) in [5, 5.41) is 7.07. The lowest BCUT2D eigenvalue weighted by atomic mass is 9.97.